The van der Waals surface area contributed by atoms with Crippen molar-refractivity contribution < 1.29 is 13.9 Å². The lowest BCUT2D eigenvalue weighted by Crippen LogP contribution is -2.33. The van der Waals surface area contributed by atoms with Crippen molar-refractivity contribution in [1.29, 1.82) is 0 Å². The monoisotopic (exact) mass is 359 g/mol. The predicted octanol–water partition coefficient (Wildman–Crippen LogP) is 3.93. The molecule has 0 aliphatic rings. The van der Waals surface area contributed by atoms with Crippen molar-refractivity contribution in [1.82, 2.24) is 9.78 Å². The first-order chi connectivity index (χ1) is 12.2. The standard InChI is InChI=1S/C18H18FN3O2S/c1-2-15(24-16-8-4-3-7-14(16)19)18(23)21-17-9-10-20-22(17)12-13-6-5-11-25-13/h3-11,15H,2,12H2,1H3,(H,21,23)/t15-/m1/s1. The summed E-state index contributed by atoms with van der Waals surface area (Å²) >= 11 is 1.62. The summed E-state index contributed by atoms with van der Waals surface area (Å²) in [5.74, 6) is -0.180. The molecule has 0 spiro atoms. The highest BCUT2D eigenvalue weighted by Crippen LogP contribution is 2.19. The van der Waals surface area contributed by atoms with Gasteiger partial charge in [-0.15, -0.1) is 11.3 Å². The number of ether oxygens (including phenoxy) is 1. The molecule has 130 valence electrons. The number of nitrogens with zero attached hydrogens (tertiary/aromatic N) is 2. The summed E-state index contributed by atoms with van der Waals surface area (Å²) in [6.45, 7) is 2.39. The van der Waals surface area contributed by atoms with Crippen LogP contribution in [0.5, 0.6) is 5.75 Å². The maximum Gasteiger partial charge on any atom is 0.266 e. The molecule has 2 aromatic heterocycles. The summed E-state index contributed by atoms with van der Waals surface area (Å²) in [7, 11) is 0. The molecule has 1 N–H and O–H groups in total. The van der Waals surface area contributed by atoms with Gasteiger partial charge in [-0.25, -0.2) is 9.07 Å². The quantitative estimate of drug-likeness (QED) is 0.695. The third-order valence-corrected chi connectivity index (χ3v) is 4.48. The first kappa shape index (κ1) is 17.2. The molecular formula is C18H18FN3O2S. The van der Waals surface area contributed by atoms with E-state index in [1.807, 2.05) is 24.4 Å². The van der Waals surface area contributed by atoms with Crippen LogP contribution in [0.1, 0.15) is 18.2 Å². The second kappa shape index (κ2) is 7.94. The van der Waals surface area contributed by atoms with Crippen molar-refractivity contribution in [2.75, 3.05) is 5.32 Å². The summed E-state index contributed by atoms with van der Waals surface area (Å²) in [6, 6.07) is 11.8. The fourth-order valence-corrected chi connectivity index (χ4v) is 3.02. The number of halogens is 1. The zero-order valence-corrected chi connectivity index (χ0v) is 14.5. The normalized spacial score (nSPS) is 11.9. The third kappa shape index (κ3) is 4.24. The maximum atomic E-state index is 13.7. The molecule has 0 aliphatic heterocycles. The van der Waals surface area contributed by atoms with Gasteiger partial charge in [0.25, 0.3) is 5.91 Å². The molecule has 7 heteroatoms. The molecule has 0 unspecified atom stereocenters. The Hall–Kier alpha value is -2.67. The van der Waals surface area contributed by atoms with Crippen molar-refractivity contribution in [3.63, 3.8) is 0 Å². The van der Waals surface area contributed by atoms with Gasteiger partial charge in [0.1, 0.15) is 5.82 Å². The number of carbonyl (C=O) groups excluding carboxylic acids is 1. The molecule has 0 aliphatic carbocycles. The van der Waals surface area contributed by atoms with Gasteiger partial charge in [-0.05, 0) is 30.0 Å². The predicted molar refractivity (Wildman–Crippen MR) is 95.4 cm³/mol. The molecule has 2 heterocycles. The molecule has 3 aromatic rings. The molecule has 1 aromatic carbocycles. The Morgan fingerprint density at radius 1 is 1.32 bits per heavy atom. The Labute approximate surface area is 149 Å². The zero-order valence-electron chi connectivity index (χ0n) is 13.7. The van der Waals surface area contributed by atoms with E-state index in [0.717, 1.165) is 4.88 Å². The van der Waals surface area contributed by atoms with E-state index in [4.69, 9.17) is 4.74 Å². The van der Waals surface area contributed by atoms with Crippen LogP contribution in [-0.2, 0) is 11.3 Å². The molecular weight excluding hydrogens is 341 g/mol. The Morgan fingerprint density at radius 3 is 2.88 bits per heavy atom. The van der Waals surface area contributed by atoms with Gasteiger partial charge < -0.3 is 10.1 Å². The third-order valence-electron chi connectivity index (χ3n) is 3.62. The minimum absolute atomic E-state index is 0.0663. The smallest absolute Gasteiger partial charge is 0.266 e. The van der Waals surface area contributed by atoms with E-state index in [9.17, 15) is 9.18 Å². The highest BCUT2D eigenvalue weighted by molar-refractivity contribution is 7.09. The minimum atomic E-state index is -0.790. The van der Waals surface area contributed by atoms with Crippen molar-refractivity contribution in [2.45, 2.75) is 26.0 Å². The highest BCUT2D eigenvalue weighted by atomic mass is 32.1. The van der Waals surface area contributed by atoms with Gasteiger partial charge in [-0.2, -0.15) is 5.10 Å². The van der Waals surface area contributed by atoms with Crippen molar-refractivity contribution in [3.8, 4) is 5.75 Å². The van der Waals surface area contributed by atoms with Crippen LogP contribution in [0, 0.1) is 5.82 Å². The van der Waals surface area contributed by atoms with Crippen molar-refractivity contribution in [2.24, 2.45) is 0 Å². The van der Waals surface area contributed by atoms with E-state index in [1.165, 1.54) is 12.1 Å². The Bertz CT molecular complexity index is 832. The maximum absolute atomic E-state index is 13.7. The van der Waals surface area contributed by atoms with Gasteiger partial charge >= 0.3 is 0 Å². The molecule has 3 rings (SSSR count). The number of hydrogen-bond donors (Lipinski definition) is 1. The number of rotatable bonds is 7. The fourth-order valence-electron chi connectivity index (χ4n) is 2.34. The van der Waals surface area contributed by atoms with E-state index < -0.39 is 11.9 Å². The lowest BCUT2D eigenvalue weighted by atomic mass is 10.2. The SMILES string of the molecule is CC[C@@H](Oc1ccccc1F)C(=O)Nc1ccnn1Cc1cccs1. The molecule has 25 heavy (non-hydrogen) atoms. The summed E-state index contributed by atoms with van der Waals surface area (Å²) in [5.41, 5.74) is 0. The van der Waals surface area contributed by atoms with Crippen LogP contribution in [0.25, 0.3) is 0 Å². The topological polar surface area (TPSA) is 56.1 Å². The number of aromatic nitrogens is 2. The Kier molecular flexibility index (Phi) is 5.45. The fraction of sp³-hybridized carbons (Fsp3) is 0.222. The second-order valence-electron chi connectivity index (χ2n) is 5.39. The number of carbonyl (C=O) groups is 1. The van der Waals surface area contributed by atoms with Crippen LogP contribution in [0.15, 0.2) is 54.0 Å². The number of para-hydroxylation sites is 1. The van der Waals surface area contributed by atoms with E-state index in [-0.39, 0.29) is 11.7 Å². The molecule has 0 radical (unpaired) electrons. The second-order valence-corrected chi connectivity index (χ2v) is 6.42. The van der Waals surface area contributed by atoms with Crippen LogP contribution < -0.4 is 10.1 Å². The van der Waals surface area contributed by atoms with Gasteiger partial charge in [0.2, 0.25) is 0 Å². The van der Waals surface area contributed by atoms with Gasteiger partial charge in [0, 0.05) is 10.9 Å². The summed E-state index contributed by atoms with van der Waals surface area (Å²) in [5, 5.41) is 9.04. The van der Waals surface area contributed by atoms with E-state index in [2.05, 4.69) is 10.4 Å². The van der Waals surface area contributed by atoms with Gasteiger partial charge in [0.15, 0.2) is 17.7 Å². The van der Waals surface area contributed by atoms with Crippen LogP contribution in [0.2, 0.25) is 0 Å². The molecule has 0 saturated heterocycles. The molecule has 0 fully saturated rings. The average molecular weight is 359 g/mol. The summed E-state index contributed by atoms with van der Waals surface area (Å²) in [6.07, 6.45) is 1.25. The number of benzene rings is 1. The number of hydrogen-bond acceptors (Lipinski definition) is 4. The molecule has 1 amide bonds. The highest BCUT2D eigenvalue weighted by Gasteiger charge is 2.21. The van der Waals surface area contributed by atoms with Gasteiger partial charge in [-0.3, -0.25) is 4.79 Å². The summed E-state index contributed by atoms with van der Waals surface area (Å²) in [4.78, 5) is 13.6. The largest absolute Gasteiger partial charge is 0.478 e. The number of anilines is 1. The summed E-state index contributed by atoms with van der Waals surface area (Å²) < 4.78 is 21.0. The average Bonchev–Trinajstić information content (AvgIpc) is 3.27. The Morgan fingerprint density at radius 2 is 2.16 bits per heavy atom. The van der Waals surface area contributed by atoms with Crippen LogP contribution >= 0.6 is 11.3 Å². The number of thiophene rings is 1. The Balaban J connectivity index is 1.68. The lowest BCUT2D eigenvalue weighted by molar-refractivity contribution is -0.123. The van der Waals surface area contributed by atoms with Crippen LogP contribution in [0.4, 0.5) is 10.2 Å². The zero-order chi connectivity index (χ0) is 17.6. The molecule has 0 bridgehead atoms. The van der Waals surface area contributed by atoms with Gasteiger partial charge in [0.05, 0.1) is 12.7 Å². The first-order valence-corrected chi connectivity index (χ1v) is 8.81. The van der Waals surface area contributed by atoms with Crippen molar-refractivity contribution >= 4 is 23.1 Å². The molecule has 1 atom stereocenters. The van der Waals surface area contributed by atoms with E-state index >= 15 is 0 Å². The van der Waals surface area contributed by atoms with Crippen LogP contribution in [0.3, 0.4) is 0 Å². The van der Waals surface area contributed by atoms with Gasteiger partial charge in [-0.1, -0.05) is 25.1 Å². The van der Waals surface area contributed by atoms with E-state index in [0.29, 0.717) is 18.8 Å². The minimum Gasteiger partial charge on any atom is -0.478 e. The number of nitrogens with one attached hydrogen (secondary N) is 1. The molecule has 5 nitrogen and oxygen atoms in total. The van der Waals surface area contributed by atoms with E-state index in [1.54, 1.807) is 40.4 Å². The van der Waals surface area contributed by atoms with Crippen LogP contribution in [-0.4, -0.2) is 21.8 Å². The van der Waals surface area contributed by atoms with Crippen molar-refractivity contribution in [3.05, 3.63) is 64.7 Å². The molecule has 0 saturated carbocycles. The first-order valence-electron chi connectivity index (χ1n) is 7.93. The lowest BCUT2D eigenvalue weighted by Gasteiger charge is -2.18. The number of amides is 1.